The Morgan fingerprint density at radius 1 is 0.415 bits per heavy atom. The Kier molecular flexibility index (Phi) is 9.24. The van der Waals surface area contributed by atoms with Gasteiger partial charge in [-0.15, -0.1) is 28.0 Å². The van der Waals surface area contributed by atoms with E-state index in [2.05, 4.69) is 174 Å². The Bertz CT molecular complexity index is 2740. The van der Waals surface area contributed by atoms with Crippen LogP contribution >= 0.6 is 0 Å². The van der Waals surface area contributed by atoms with Crippen molar-refractivity contribution < 1.29 is 9.97 Å². The van der Waals surface area contributed by atoms with Gasteiger partial charge < -0.3 is 9.97 Å². The summed E-state index contributed by atoms with van der Waals surface area (Å²) in [4.78, 5) is 18.4. The number of hydrogen-bond donors (Lipinski definition) is 0. The predicted octanol–water partition coefficient (Wildman–Crippen LogP) is 9.72. The van der Waals surface area contributed by atoms with Gasteiger partial charge in [0.15, 0.2) is 0 Å². The molecule has 2 N–H and O–H groups in total. The van der Waals surface area contributed by atoms with Crippen molar-refractivity contribution in [2.45, 2.75) is 13.8 Å². The summed E-state index contributed by atoms with van der Waals surface area (Å²) >= 11 is 0. The van der Waals surface area contributed by atoms with Crippen LogP contribution in [0.15, 0.2) is 133 Å². The van der Waals surface area contributed by atoms with Crippen LogP contribution in [-0.2, 0) is 0 Å². The van der Waals surface area contributed by atoms with Crippen LogP contribution in [-0.4, -0.2) is 23.1 Å². The van der Waals surface area contributed by atoms with Gasteiger partial charge in [-0.05, 0) is 48.2 Å². The van der Waals surface area contributed by atoms with Crippen LogP contribution in [0.4, 0.5) is 0 Å². The number of fused-ring (bicyclic) bond motifs is 8. The minimum absolute atomic E-state index is 0. The van der Waals surface area contributed by atoms with E-state index in [1.54, 1.807) is 0 Å². The molecule has 0 amide bonds. The van der Waals surface area contributed by atoms with Crippen molar-refractivity contribution in [3.05, 3.63) is 167 Å². The molecule has 9 rings (SSSR count). The molecule has 2 aliphatic heterocycles. The molecule has 0 saturated carbocycles. The maximum absolute atomic E-state index is 5.39. The molecular weight excluding hydrogens is 657 g/mol. The molecule has 0 aliphatic carbocycles. The van der Waals surface area contributed by atoms with Gasteiger partial charge >= 0.3 is 23.1 Å². The summed E-state index contributed by atoms with van der Waals surface area (Å²) < 4.78 is 0. The van der Waals surface area contributed by atoms with E-state index in [0.717, 1.165) is 94.9 Å². The Labute approximate surface area is 325 Å². The molecule has 4 aromatic carbocycles. The number of benzene rings is 4. The van der Waals surface area contributed by atoms with E-state index in [0.29, 0.717) is 0 Å². The first-order valence-corrected chi connectivity index (χ1v) is 17.5. The number of aromatic amines is 2. The Hall–Kier alpha value is -6.19. The van der Waals surface area contributed by atoms with E-state index >= 15 is 0 Å². The molecule has 0 radical (unpaired) electrons. The number of rotatable bonds is 4. The van der Waals surface area contributed by atoms with Crippen molar-refractivity contribution >= 4 is 69.4 Å². The zero-order chi connectivity index (χ0) is 35.0. The standard InChI is InChI=1S/C48H32N4.Mg/c1-3-10-32-17-21-36(22-18-32)48-43-29-25-39(51-43)45(33-11-6-4-7-12-33)37-23-27-41(49-37)47(35-19-15-31(2)16-20-35)42-28-24-38(50-42)46(34-13-8-5-9-14-34)40-26-30-44(48)52-40;/h4-9,11-30H,1-2H3;/q-2;+2/p+2. The zero-order valence-corrected chi connectivity index (χ0v) is 31.0. The molecule has 5 heteroatoms. The van der Waals surface area contributed by atoms with E-state index in [4.69, 9.17) is 9.97 Å². The molecule has 3 aromatic heterocycles. The van der Waals surface area contributed by atoms with Crippen LogP contribution in [0.5, 0.6) is 0 Å². The number of nitrogens with zero attached hydrogens (tertiary/aromatic N) is 2. The summed E-state index contributed by atoms with van der Waals surface area (Å²) in [6.45, 7) is 3.98. The van der Waals surface area contributed by atoms with Crippen LogP contribution in [0.1, 0.15) is 40.8 Å². The third kappa shape index (κ3) is 6.44. The summed E-state index contributed by atoms with van der Waals surface area (Å²) in [7, 11) is 0. The van der Waals surface area contributed by atoms with Crippen LogP contribution in [0.25, 0.3) is 90.9 Å². The van der Waals surface area contributed by atoms with Gasteiger partial charge in [0.2, 0.25) is 22.8 Å². The van der Waals surface area contributed by atoms with Crippen molar-refractivity contribution in [2.75, 3.05) is 0 Å². The molecule has 0 spiro atoms. The average Bonchev–Trinajstić information content (AvgIpc) is 4.02. The minimum atomic E-state index is 0. The summed E-state index contributed by atoms with van der Waals surface area (Å²) in [5.41, 5.74) is 18.1. The molecule has 0 fully saturated rings. The Morgan fingerprint density at radius 2 is 0.755 bits per heavy atom. The van der Waals surface area contributed by atoms with Gasteiger partial charge in [0.1, 0.15) is 0 Å². The van der Waals surface area contributed by atoms with Crippen LogP contribution in [0.2, 0.25) is 0 Å². The zero-order valence-electron chi connectivity index (χ0n) is 29.6. The molecular formula is C48H34MgN4+2. The maximum atomic E-state index is 5.39. The molecule has 8 bridgehead atoms. The number of H-pyrrole nitrogens is 2. The number of nitrogens with one attached hydrogen (secondary N) is 2. The second kappa shape index (κ2) is 14.4. The van der Waals surface area contributed by atoms with E-state index in [-0.39, 0.29) is 23.1 Å². The van der Waals surface area contributed by atoms with Gasteiger partial charge in [0, 0.05) is 52.1 Å². The molecule has 5 heterocycles. The number of aryl methyl sites for hydroxylation is 1. The monoisotopic (exact) mass is 690 g/mol. The molecule has 246 valence electrons. The Balaban J connectivity index is 0.00000400. The summed E-state index contributed by atoms with van der Waals surface area (Å²) in [5, 5.41) is 0. The first kappa shape index (κ1) is 33.9. The summed E-state index contributed by atoms with van der Waals surface area (Å²) in [6, 6.07) is 46.6. The Morgan fingerprint density at radius 3 is 1.11 bits per heavy atom. The van der Waals surface area contributed by atoms with Crippen LogP contribution in [0.3, 0.4) is 0 Å². The quantitative estimate of drug-likeness (QED) is 0.136. The largest absolute Gasteiger partial charge is 2.00 e. The van der Waals surface area contributed by atoms with Crippen molar-refractivity contribution in [3.8, 4) is 56.3 Å². The fraction of sp³-hybridized carbons (Fsp3) is 0.0417. The molecule has 0 unspecified atom stereocenters. The van der Waals surface area contributed by atoms with Gasteiger partial charge in [-0.25, -0.2) is 9.97 Å². The third-order valence-corrected chi connectivity index (χ3v) is 9.66. The minimum Gasteiger partial charge on any atom is -0.656 e. The van der Waals surface area contributed by atoms with E-state index in [1.807, 2.05) is 19.1 Å². The normalized spacial score (nSPS) is 11.5. The fourth-order valence-electron chi connectivity index (χ4n) is 7.21. The molecule has 0 atom stereocenters. The maximum Gasteiger partial charge on any atom is 2.00 e. The van der Waals surface area contributed by atoms with E-state index in [9.17, 15) is 0 Å². The van der Waals surface area contributed by atoms with E-state index in [1.165, 1.54) is 5.56 Å². The van der Waals surface area contributed by atoms with Gasteiger partial charge in [-0.1, -0.05) is 133 Å². The number of hydrogen-bond acceptors (Lipinski definition) is 0. The summed E-state index contributed by atoms with van der Waals surface area (Å²) in [5.74, 6) is 6.20. The molecule has 4 nitrogen and oxygen atoms in total. The van der Waals surface area contributed by atoms with Crippen molar-refractivity contribution in [2.24, 2.45) is 0 Å². The van der Waals surface area contributed by atoms with Crippen molar-refractivity contribution in [3.63, 3.8) is 0 Å². The first-order valence-electron chi connectivity index (χ1n) is 17.5. The second-order valence-corrected chi connectivity index (χ2v) is 13.1. The summed E-state index contributed by atoms with van der Waals surface area (Å²) in [6.07, 6.45) is 8.65. The van der Waals surface area contributed by atoms with Crippen LogP contribution < -0.4 is 19.9 Å². The second-order valence-electron chi connectivity index (χ2n) is 13.1. The molecule has 7 aromatic rings. The average molecular weight is 691 g/mol. The van der Waals surface area contributed by atoms with Gasteiger partial charge in [0.25, 0.3) is 0 Å². The van der Waals surface area contributed by atoms with E-state index < -0.39 is 0 Å². The third-order valence-electron chi connectivity index (χ3n) is 9.66. The molecule has 2 aliphatic rings. The predicted molar refractivity (Wildman–Crippen MR) is 219 cm³/mol. The molecule has 53 heavy (non-hydrogen) atoms. The van der Waals surface area contributed by atoms with Gasteiger partial charge in [-0.2, -0.15) is 0 Å². The van der Waals surface area contributed by atoms with Crippen LogP contribution in [0, 0.1) is 18.8 Å². The van der Waals surface area contributed by atoms with Gasteiger partial charge in [-0.3, -0.25) is 0 Å². The fourth-order valence-corrected chi connectivity index (χ4v) is 7.21. The SMILES string of the molecule is CC#Cc1ccc(-c2c3[nH+]c(c(-c4ccccc4)c4ccc([n-]4)c(-c4ccc(C)cc4)c4[nH+]c(c(-c5ccccc5)c5ccc2[n-]5)C=C4)C=C3)cc1.[Mg+2]. The van der Waals surface area contributed by atoms with Crippen molar-refractivity contribution in [1.82, 2.24) is 9.97 Å². The topological polar surface area (TPSA) is 56.5 Å². The van der Waals surface area contributed by atoms with Crippen molar-refractivity contribution in [1.29, 1.82) is 0 Å². The van der Waals surface area contributed by atoms with Gasteiger partial charge in [0.05, 0.1) is 0 Å². The smallest absolute Gasteiger partial charge is 0.656 e. The first-order chi connectivity index (χ1) is 25.6. The molecule has 0 saturated heterocycles. The number of aromatic nitrogens is 4.